The maximum atomic E-state index is 5.14. The summed E-state index contributed by atoms with van der Waals surface area (Å²) in [5, 5.41) is 6.80. The summed E-state index contributed by atoms with van der Waals surface area (Å²) < 4.78 is 5.14. The van der Waals surface area contributed by atoms with Gasteiger partial charge in [0, 0.05) is 6.42 Å². The van der Waals surface area contributed by atoms with Crippen molar-refractivity contribution in [1.29, 1.82) is 0 Å². The molecule has 0 atom stereocenters. The average Bonchev–Trinajstić information content (AvgIpc) is 2.75. The van der Waals surface area contributed by atoms with Crippen LogP contribution in [-0.4, -0.2) is 15.2 Å². The Hall–Kier alpha value is -1.58. The van der Waals surface area contributed by atoms with Gasteiger partial charge in [0.25, 0.3) is 0 Å². The van der Waals surface area contributed by atoms with Crippen molar-refractivity contribution in [3.8, 4) is 11.6 Å². The highest BCUT2D eigenvalue weighted by Crippen LogP contribution is 2.14. The highest BCUT2D eigenvalue weighted by atomic mass is 16.3. The molecular weight excluding hydrogens is 154 g/mol. The van der Waals surface area contributed by atoms with E-state index in [1.54, 1.807) is 6.26 Å². The first-order chi connectivity index (χ1) is 5.90. The standard InChI is InChI=1S/C8H9N3O/c1-2-7-9-8(11-10-7)6-4-3-5-12-6/h3-5H,2H2,1H3,(H,9,10,11). The van der Waals surface area contributed by atoms with Gasteiger partial charge >= 0.3 is 0 Å². The van der Waals surface area contributed by atoms with Crippen LogP contribution in [0.25, 0.3) is 11.6 Å². The predicted octanol–water partition coefficient (Wildman–Crippen LogP) is 1.63. The van der Waals surface area contributed by atoms with E-state index in [-0.39, 0.29) is 0 Å². The quantitative estimate of drug-likeness (QED) is 0.732. The second kappa shape index (κ2) is 2.81. The number of aromatic amines is 1. The molecule has 0 saturated heterocycles. The van der Waals surface area contributed by atoms with Crippen LogP contribution >= 0.6 is 0 Å². The molecule has 0 amide bonds. The van der Waals surface area contributed by atoms with Crippen molar-refractivity contribution < 1.29 is 4.42 Å². The van der Waals surface area contributed by atoms with E-state index in [0.29, 0.717) is 5.82 Å². The molecule has 0 aliphatic rings. The minimum atomic E-state index is 0.692. The van der Waals surface area contributed by atoms with Crippen LogP contribution < -0.4 is 0 Å². The zero-order valence-electron chi connectivity index (χ0n) is 6.74. The number of aromatic nitrogens is 3. The van der Waals surface area contributed by atoms with Crippen LogP contribution in [0.5, 0.6) is 0 Å². The molecule has 0 aromatic carbocycles. The number of H-pyrrole nitrogens is 1. The molecule has 4 nitrogen and oxygen atoms in total. The van der Waals surface area contributed by atoms with Crippen LogP contribution in [0.1, 0.15) is 12.7 Å². The molecule has 0 fully saturated rings. The molecule has 4 heteroatoms. The Kier molecular flexibility index (Phi) is 1.66. The second-order valence-corrected chi connectivity index (χ2v) is 2.43. The zero-order valence-corrected chi connectivity index (χ0v) is 6.74. The fraction of sp³-hybridized carbons (Fsp3) is 0.250. The van der Waals surface area contributed by atoms with Crippen molar-refractivity contribution in [2.75, 3.05) is 0 Å². The summed E-state index contributed by atoms with van der Waals surface area (Å²) in [6.45, 7) is 2.01. The molecule has 62 valence electrons. The van der Waals surface area contributed by atoms with Crippen LogP contribution in [0, 0.1) is 0 Å². The first kappa shape index (κ1) is 7.09. The fourth-order valence-electron chi connectivity index (χ4n) is 0.978. The molecule has 0 bridgehead atoms. The van der Waals surface area contributed by atoms with E-state index < -0.39 is 0 Å². The van der Waals surface area contributed by atoms with E-state index >= 15 is 0 Å². The van der Waals surface area contributed by atoms with Gasteiger partial charge in [-0.15, -0.1) is 0 Å². The Bertz CT molecular complexity index is 350. The number of hydrogen-bond acceptors (Lipinski definition) is 3. The van der Waals surface area contributed by atoms with Gasteiger partial charge in [0.1, 0.15) is 0 Å². The van der Waals surface area contributed by atoms with Crippen molar-refractivity contribution in [2.45, 2.75) is 13.3 Å². The van der Waals surface area contributed by atoms with Crippen molar-refractivity contribution in [3.63, 3.8) is 0 Å². The van der Waals surface area contributed by atoms with Gasteiger partial charge in [0.2, 0.25) is 0 Å². The Morgan fingerprint density at radius 1 is 1.58 bits per heavy atom. The third kappa shape index (κ3) is 1.11. The molecular formula is C8H9N3O. The lowest BCUT2D eigenvalue weighted by atomic mass is 10.4. The first-order valence-corrected chi connectivity index (χ1v) is 3.85. The van der Waals surface area contributed by atoms with Crippen molar-refractivity contribution in [2.24, 2.45) is 0 Å². The molecule has 2 heterocycles. The van der Waals surface area contributed by atoms with Gasteiger partial charge in [-0.25, -0.2) is 4.98 Å². The molecule has 12 heavy (non-hydrogen) atoms. The second-order valence-electron chi connectivity index (χ2n) is 2.43. The third-order valence-corrected chi connectivity index (χ3v) is 1.60. The average molecular weight is 163 g/mol. The number of nitrogens with zero attached hydrogens (tertiary/aromatic N) is 2. The number of furan rings is 1. The first-order valence-electron chi connectivity index (χ1n) is 3.85. The molecule has 0 spiro atoms. The van der Waals surface area contributed by atoms with E-state index in [0.717, 1.165) is 18.0 Å². The van der Waals surface area contributed by atoms with E-state index in [2.05, 4.69) is 15.2 Å². The Morgan fingerprint density at radius 2 is 2.50 bits per heavy atom. The summed E-state index contributed by atoms with van der Waals surface area (Å²) in [5.74, 6) is 2.22. The van der Waals surface area contributed by atoms with Crippen molar-refractivity contribution in [1.82, 2.24) is 15.2 Å². The lowest BCUT2D eigenvalue weighted by Crippen LogP contribution is -1.81. The van der Waals surface area contributed by atoms with Gasteiger partial charge in [-0.3, -0.25) is 5.10 Å². The monoisotopic (exact) mass is 163 g/mol. The Balaban J connectivity index is 2.35. The summed E-state index contributed by atoms with van der Waals surface area (Å²) in [7, 11) is 0. The van der Waals surface area contributed by atoms with Gasteiger partial charge in [0.05, 0.1) is 6.26 Å². The van der Waals surface area contributed by atoms with Gasteiger partial charge < -0.3 is 4.42 Å². The SMILES string of the molecule is CCc1n[nH]c(-c2ccco2)n1. The van der Waals surface area contributed by atoms with Gasteiger partial charge in [0.15, 0.2) is 17.4 Å². The zero-order chi connectivity index (χ0) is 8.39. The summed E-state index contributed by atoms with van der Waals surface area (Å²) in [6, 6.07) is 3.67. The van der Waals surface area contributed by atoms with E-state index in [4.69, 9.17) is 4.42 Å². The number of aryl methyl sites for hydroxylation is 1. The Labute approximate surface area is 69.6 Å². The highest BCUT2D eigenvalue weighted by molar-refractivity contribution is 5.45. The van der Waals surface area contributed by atoms with Crippen LogP contribution in [0.4, 0.5) is 0 Å². The normalized spacial score (nSPS) is 10.4. The molecule has 2 rings (SSSR count). The third-order valence-electron chi connectivity index (χ3n) is 1.60. The molecule has 2 aromatic rings. The lowest BCUT2D eigenvalue weighted by Gasteiger charge is -1.84. The topological polar surface area (TPSA) is 54.7 Å². The predicted molar refractivity (Wildman–Crippen MR) is 43.5 cm³/mol. The summed E-state index contributed by atoms with van der Waals surface area (Å²) in [4.78, 5) is 4.21. The minimum Gasteiger partial charge on any atom is -0.461 e. The molecule has 0 aliphatic heterocycles. The number of rotatable bonds is 2. The van der Waals surface area contributed by atoms with Gasteiger partial charge in [-0.2, -0.15) is 5.10 Å². The van der Waals surface area contributed by atoms with Crippen LogP contribution in [0.3, 0.4) is 0 Å². The molecule has 0 aliphatic carbocycles. The minimum absolute atomic E-state index is 0.692. The molecule has 2 aromatic heterocycles. The Morgan fingerprint density at radius 3 is 3.08 bits per heavy atom. The van der Waals surface area contributed by atoms with E-state index in [9.17, 15) is 0 Å². The lowest BCUT2D eigenvalue weighted by molar-refractivity contribution is 0.577. The fourth-order valence-corrected chi connectivity index (χ4v) is 0.978. The molecule has 0 radical (unpaired) electrons. The molecule has 1 N–H and O–H groups in total. The van der Waals surface area contributed by atoms with Crippen LogP contribution in [-0.2, 0) is 6.42 Å². The van der Waals surface area contributed by atoms with Crippen LogP contribution in [0.15, 0.2) is 22.8 Å². The van der Waals surface area contributed by atoms with Crippen molar-refractivity contribution >= 4 is 0 Å². The molecule has 0 unspecified atom stereocenters. The van der Waals surface area contributed by atoms with Gasteiger partial charge in [-0.1, -0.05) is 6.92 Å². The van der Waals surface area contributed by atoms with E-state index in [1.807, 2.05) is 19.1 Å². The maximum Gasteiger partial charge on any atom is 0.191 e. The summed E-state index contributed by atoms with van der Waals surface area (Å²) in [6.07, 6.45) is 2.45. The summed E-state index contributed by atoms with van der Waals surface area (Å²) in [5.41, 5.74) is 0. The molecule has 0 saturated carbocycles. The highest BCUT2D eigenvalue weighted by Gasteiger charge is 2.05. The van der Waals surface area contributed by atoms with E-state index in [1.165, 1.54) is 0 Å². The van der Waals surface area contributed by atoms with Gasteiger partial charge in [-0.05, 0) is 12.1 Å². The smallest absolute Gasteiger partial charge is 0.191 e. The number of nitrogens with one attached hydrogen (secondary N) is 1. The number of hydrogen-bond donors (Lipinski definition) is 1. The largest absolute Gasteiger partial charge is 0.461 e. The summed E-state index contributed by atoms with van der Waals surface area (Å²) >= 11 is 0. The van der Waals surface area contributed by atoms with Crippen LogP contribution in [0.2, 0.25) is 0 Å². The van der Waals surface area contributed by atoms with Crippen molar-refractivity contribution in [3.05, 3.63) is 24.2 Å². The maximum absolute atomic E-state index is 5.14.